The minimum atomic E-state index is -3.42. The molecule has 3 fully saturated rings. The van der Waals surface area contributed by atoms with Gasteiger partial charge in [0.05, 0.1) is 11.7 Å². The van der Waals surface area contributed by atoms with E-state index in [1.165, 1.54) is 0 Å². The van der Waals surface area contributed by atoms with Gasteiger partial charge in [0, 0.05) is 3.42 Å². The Morgan fingerprint density at radius 3 is 1.94 bits per heavy atom. The van der Waals surface area contributed by atoms with Crippen LogP contribution in [0.5, 0.6) is 0 Å². The average Bonchev–Trinajstić information content (AvgIpc) is 2.16. The topological polar surface area (TPSA) is 63.2 Å². The summed E-state index contributed by atoms with van der Waals surface area (Å²) in [4.78, 5) is 12.0. The number of sulfonamides is 1. The van der Waals surface area contributed by atoms with Crippen LogP contribution in [0.1, 0.15) is 38.5 Å². The van der Waals surface area contributed by atoms with Crippen molar-refractivity contribution >= 4 is 38.5 Å². The Labute approximate surface area is 110 Å². The van der Waals surface area contributed by atoms with Crippen LogP contribution < -0.4 is 4.72 Å². The summed E-state index contributed by atoms with van der Waals surface area (Å²) in [5.41, 5.74) is -0.407. The van der Waals surface area contributed by atoms with Crippen molar-refractivity contribution < 1.29 is 13.2 Å². The standard InChI is InChI=1S/C10H16INO3S/c1-16(14,15)12-8(13)9-2-5-10(11,6-3-9)7-4-9/h2-7H2,1H3,(H,12,13). The molecule has 0 heterocycles. The lowest BCUT2D eigenvalue weighted by molar-refractivity contribution is -0.134. The third-order valence-electron chi connectivity index (χ3n) is 3.91. The fraction of sp³-hybridized carbons (Fsp3) is 0.900. The van der Waals surface area contributed by atoms with Crippen molar-refractivity contribution in [2.24, 2.45) is 5.41 Å². The van der Waals surface area contributed by atoms with Crippen molar-refractivity contribution in [2.45, 2.75) is 41.9 Å². The van der Waals surface area contributed by atoms with Crippen molar-refractivity contribution in [2.75, 3.05) is 6.26 Å². The summed E-state index contributed by atoms with van der Waals surface area (Å²) in [7, 11) is -3.42. The van der Waals surface area contributed by atoms with Gasteiger partial charge >= 0.3 is 0 Å². The summed E-state index contributed by atoms with van der Waals surface area (Å²) in [5, 5.41) is 0. The SMILES string of the molecule is CS(=O)(=O)NC(=O)C12CCC(I)(CC1)CC2. The van der Waals surface area contributed by atoms with Crippen molar-refractivity contribution in [3.63, 3.8) is 0 Å². The Balaban J connectivity index is 2.13. The largest absolute Gasteiger partial charge is 0.273 e. The van der Waals surface area contributed by atoms with Crippen LogP contribution in [0.25, 0.3) is 0 Å². The summed E-state index contributed by atoms with van der Waals surface area (Å²) in [6, 6.07) is 0. The number of carbonyl (C=O) groups excluding carboxylic acids is 1. The minimum absolute atomic E-state index is 0.284. The molecule has 16 heavy (non-hydrogen) atoms. The minimum Gasteiger partial charge on any atom is -0.273 e. The Bertz CT molecular complexity index is 393. The van der Waals surface area contributed by atoms with Crippen molar-refractivity contribution in [1.82, 2.24) is 4.72 Å². The molecular weight excluding hydrogens is 341 g/mol. The van der Waals surface area contributed by atoms with E-state index in [0.29, 0.717) is 3.42 Å². The highest BCUT2D eigenvalue weighted by atomic mass is 127. The van der Waals surface area contributed by atoms with Crippen molar-refractivity contribution in [1.29, 1.82) is 0 Å². The number of halogens is 1. The number of rotatable bonds is 2. The number of nitrogens with one attached hydrogen (secondary N) is 1. The van der Waals surface area contributed by atoms with Gasteiger partial charge in [0.2, 0.25) is 15.9 Å². The molecule has 92 valence electrons. The monoisotopic (exact) mass is 357 g/mol. The zero-order valence-electron chi connectivity index (χ0n) is 9.25. The van der Waals surface area contributed by atoms with E-state index in [1.54, 1.807) is 0 Å². The molecule has 3 aliphatic carbocycles. The first-order valence-electron chi connectivity index (χ1n) is 5.46. The maximum atomic E-state index is 12.0. The number of hydrogen-bond acceptors (Lipinski definition) is 3. The van der Waals surface area contributed by atoms with Crippen molar-refractivity contribution in [3.8, 4) is 0 Å². The third kappa shape index (κ3) is 2.37. The first-order valence-corrected chi connectivity index (χ1v) is 8.43. The predicted octanol–water partition coefficient (Wildman–Crippen LogP) is 1.59. The van der Waals surface area contributed by atoms with Crippen LogP contribution in [0.4, 0.5) is 0 Å². The number of carbonyl (C=O) groups is 1. The molecule has 0 aromatic rings. The molecule has 1 amide bonds. The molecule has 0 spiro atoms. The molecule has 0 saturated heterocycles. The first-order chi connectivity index (χ1) is 7.25. The van der Waals surface area contributed by atoms with E-state index >= 15 is 0 Å². The van der Waals surface area contributed by atoms with E-state index < -0.39 is 15.4 Å². The smallest absolute Gasteiger partial charge is 0.239 e. The molecule has 3 saturated carbocycles. The molecule has 0 aliphatic heterocycles. The van der Waals surface area contributed by atoms with Crippen LogP contribution in [0.2, 0.25) is 0 Å². The summed E-state index contributed by atoms with van der Waals surface area (Å²) in [6.45, 7) is 0. The second-order valence-corrected chi connectivity index (χ2v) is 9.17. The van der Waals surface area contributed by atoms with Crippen LogP contribution in [0.15, 0.2) is 0 Å². The highest BCUT2D eigenvalue weighted by molar-refractivity contribution is 14.1. The predicted molar refractivity (Wildman–Crippen MR) is 69.9 cm³/mol. The second kappa shape index (κ2) is 3.83. The lowest BCUT2D eigenvalue weighted by Gasteiger charge is -2.49. The molecule has 2 bridgehead atoms. The van der Waals surface area contributed by atoms with E-state index in [9.17, 15) is 13.2 Å². The fourth-order valence-corrected chi connectivity index (χ4v) is 4.12. The number of hydrogen-bond donors (Lipinski definition) is 1. The highest BCUT2D eigenvalue weighted by Crippen LogP contribution is 2.56. The van der Waals surface area contributed by atoms with Crippen LogP contribution in [-0.4, -0.2) is 24.0 Å². The molecule has 3 aliphatic rings. The second-order valence-electron chi connectivity index (χ2n) is 5.13. The van der Waals surface area contributed by atoms with E-state index in [2.05, 4.69) is 27.3 Å². The number of fused-ring (bicyclic) bond motifs is 3. The Hall–Kier alpha value is 0.150. The van der Waals surface area contributed by atoms with Gasteiger partial charge in [-0.25, -0.2) is 8.42 Å². The Morgan fingerprint density at radius 2 is 1.56 bits per heavy atom. The molecular formula is C10H16INO3S. The van der Waals surface area contributed by atoms with E-state index in [1.807, 2.05) is 0 Å². The summed E-state index contributed by atoms with van der Waals surface area (Å²) in [6.07, 6.45) is 6.63. The Morgan fingerprint density at radius 1 is 1.12 bits per heavy atom. The van der Waals surface area contributed by atoms with Gasteiger partial charge in [-0.05, 0) is 38.5 Å². The highest BCUT2D eigenvalue weighted by Gasteiger charge is 2.51. The average molecular weight is 357 g/mol. The van der Waals surface area contributed by atoms with Gasteiger partial charge in [-0.3, -0.25) is 9.52 Å². The van der Waals surface area contributed by atoms with Gasteiger partial charge in [0.1, 0.15) is 0 Å². The molecule has 3 rings (SSSR count). The van der Waals surface area contributed by atoms with E-state index in [-0.39, 0.29) is 5.91 Å². The summed E-state index contributed by atoms with van der Waals surface area (Å²) < 4.78 is 24.7. The van der Waals surface area contributed by atoms with Crippen LogP contribution in [0, 0.1) is 5.41 Å². The van der Waals surface area contributed by atoms with Crippen LogP contribution in [0.3, 0.4) is 0 Å². The zero-order chi connectivity index (χ0) is 12.0. The van der Waals surface area contributed by atoms with E-state index in [0.717, 1.165) is 44.8 Å². The van der Waals surface area contributed by atoms with Crippen LogP contribution in [-0.2, 0) is 14.8 Å². The van der Waals surface area contributed by atoms with Crippen molar-refractivity contribution in [3.05, 3.63) is 0 Å². The quantitative estimate of drug-likeness (QED) is 0.603. The molecule has 4 nitrogen and oxygen atoms in total. The van der Waals surface area contributed by atoms with Gasteiger partial charge in [0.25, 0.3) is 0 Å². The van der Waals surface area contributed by atoms with Gasteiger partial charge in [-0.15, -0.1) is 0 Å². The van der Waals surface area contributed by atoms with Crippen LogP contribution >= 0.6 is 22.6 Å². The normalized spacial score (nSPS) is 38.4. The fourth-order valence-electron chi connectivity index (χ4n) is 2.76. The molecule has 0 aromatic carbocycles. The third-order valence-corrected chi connectivity index (χ3v) is 6.09. The zero-order valence-corrected chi connectivity index (χ0v) is 12.2. The van der Waals surface area contributed by atoms with Gasteiger partial charge in [-0.2, -0.15) is 0 Å². The maximum absolute atomic E-state index is 12.0. The van der Waals surface area contributed by atoms with Gasteiger partial charge in [0.15, 0.2) is 0 Å². The molecule has 1 N–H and O–H groups in total. The number of amides is 1. The molecule has 6 heteroatoms. The first kappa shape index (κ1) is 12.6. The van der Waals surface area contributed by atoms with Gasteiger partial charge in [-0.1, -0.05) is 22.6 Å². The lowest BCUT2D eigenvalue weighted by atomic mass is 9.60. The van der Waals surface area contributed by atoms with Gasteiger partial charge < -0.3 is 0 Å². The molecule has 0 aromatic heterocycles. The molecule has 0 radical (unpaired) electrons. The summed E-state index contributed by atoms with van der Waals surface area (Å²) >= 11 is 2.50. The molecule has 0 unspecified atom stereocenters. The summed E-state index contributed by atoms with van der Waals surface area (Å²) in [5.74, 6) is -0.284. The Kier molecular flexibility index (Phi) is 3.02. The number of alkyl halides is 1. The lowest BCUT2D eigenvalue weighted by Crippen LogP contribution is -2.51. The molecule has 0 atom stereocenters. The maximum Gasteiger partial charge on any atom is 0.239 e. The van der Waals surface area contributed by atoms with E-state index in [4.69, 9.17) is 0 Å².